The Bertz CT molecular complexity index is 614. The van der Waals surface area contributed by atoms with Crippen molar-refractivity contribution in [2.45, 2.75) is 11.2 Å². The number of hydrogen-bond donors (Lipinski definition) is 0. The first-order chi connectivity index (χ1) is 10.0. The van der Waals surface area contributed by atoms with Crippen molar-refractivity contribution < 1.29 is 13.9 Å². The van der Waals surface area contributed by atoms with Crippen molar-refractivity contribution in [1.82, 2.24) is 0 Å². The quantitative estimate of drug-likeness (QED) is 0.615. The van der Waals surface area contributed by atoms with Crippen molar-refractivity contribution in [3.8, 4) is 11.5 Å². The van der Waals surface area contributed by atoms with Crippen molar-refractivity contribution in [1.29, 1.82) is 0 Å². The SMILES string of the molecule is COc1cc(F)c(C(Br)Cc2ccc(Br)cc2)cc1OC. The summed E-state index contributed by atoms with van der Waals surface area (Å²) < 4.78 is 25.5. The molecule has 0 spiro atoms. The molecule has 0 N–H and O–H groups in total. The molecule has 0 fully saturated rings. The molecule has 0 aliphatic rings. The third-order valence-electron chi connectivity index (χ3n) is 3.17. The van der Waals surface area contributed by atoms with E-state index in [1.165, 1.54) is 20.3 Å². The van der Waals surface area contributed by atoms with Crippen molar-refractivity contribution in [3.05, 3.63) is 57.8 Å². The highest BCUT2D eigenvalue weighted by Crippen LogP contribution is 2.36. The highest BCUT2D eigenvalue weighted by molar-refractivity contribution is 9.10. The van der Waals surface area contributed by atoms with Gasteiger partial charge >= 0.3 is 0 Å². The maximum Gasteiger partial charge on any atom is 0.163 e. The fourth-order valence-electron chi connectivity index (χ4n) is 2.05. The average molecular weight is 418 g/mol. The molecule has 1 atom stereocenters. The zero-order valence-electron chi connectivity index (χ0n) is 11.7. The number of benzene rings is 2. The molecule has 5 heteroatoms. The van der Waals surface area contributed by atoms with Crippen LogP contribution in [0.1, 0.15) is 16.0 Å². The molecule has 0 amide bonds. The fourth-order valence-corrected chi connectivity index (χ4v) is 3.04. The molecule has 0 heterocycles. The minimum atomic E-state index is -0.313. The van der Waals surface area contributed by atoms with E-state index in [2.05, 4.69) is 31.9 Å². The predicted octanol–water partition coefficient (Wildman–Crippen LogP) is 5.28. The van der Waals surface area contributed by atoms with Crippen LogP contribution in [0.25, 0.3) is 0 Å². The van der Waals surface area contributed by atoms with Crippen LogP contribution < -0.4 is 9.47 Å². The molecular weight excluding hydrogens is 403 g/mol. The number of rotatable bonds is 5. The molecule has 0 saturated carbocycles. The van der Waals surface area contributed by atoms with Gasteiger partial charge in [0.05, 0.1) is 14.2 Å². The molecular formula is C16H15Br2FO2. The fraction of sp³-hybridized carbons (Fsp3) is 0.250. The molecule has 0 aliphatic heterocycles. The minimum Gasteiger partial charge on any atom is -0.493 e. The first-order valence-electron chi connectivity index (χ1n) is 6.35. The zero-order valence-corrected chi connectivity index (χ0v) is 14.9. The lowest BCUT2D eigenvalue weighted by Gasteiger charge is -2.15. The Balaban J connectivity index is 2.26. The minimum absolute atomic E-state index is 0.140. The molecule has 0 saturated heterocycles. The molecule has 0 aliphatic carbocycles. The lowest BCUT2D eigenvalue weighted by molar-refractivity contribution is 0.351. The Kier molecular flexibility index (Phi) is 5.65. The van der Waals surface area contributed by atoms with Gasteiger partial charge in [-0.1, -0.05) is 44.0 Å². The highest BCUT2D eigenvalue weighted by Gasteiger charge is 2.17. The van der Waals surface area contributed by atoms with E-state index in [1.807, 2.05) is 24.3 Å². The molecule has 2 aromatic carbocycles. The van der Waals surface area contributed by atoms with E-state index < -0.39 is 0 Å². The second-order valence-corrected chi connectivity index (χ2v) is 6.55. The van der Waals surface area contributed by atoms with E-state index >= 15 is 0 Å². The van der Waals surface area contributed by atoms with E-state index in [1.54, 1.807) is 6.07 Å². The topological polar surface area (TPSA) is 18.5 Å². The summed E-state index contributed by atoms with van der Waals surface area (Å²) >= 11 is 6.95. The Labute approximate surface area is 140 Å². The first-order valence-corrected chi connectivity index (χ1v) is 8.06. The predicted molar refractivity (Wildman–Crippen MR) is 89.0 cm³/mol. The van der Waals surface area contributed by atoms with Gasteiger partial charge in [0.1, 0.15) is 5.82 Å². The van der Waals surface area contributed by atoms with E-state index in [-0.39, 0.29) is 10.6 Å². The van der Waals surface area contributed by atoms with Gasteiger partial charge < -0.3 is 9.47 Å². The van der Waals surface area contributed by atoms with Gasteiger partial charge in [-0.3, -0.25) is 0 Å². The van der Waals surface area contributed by atoms with E-state index in [4.69, 9.17) is 9.47 Å². The maximum absolute atomic E-state index is 14.2. The average Bonchev–Trinajstić information content (AvgIpc) is 2.49. The maximum atomic E-state index is 14.2. The summed E-state index contributed by atoms with van der Waals surface area (Å²) in [6, 6.07) is 11.0. The van der Waals surface area contributed by atoms with Crippen molar-refractivity contribution >= 4 is 31.9 Å². The van der Waals surface area contributed by atoms with E-state index in [0.29, 0.717) is 23.5 Å². The van der Waals surface area contributed by atoms with Crippen molar-refractivity contribution in [2.75, 3.05) is 14.2 Å². The monoisotopic (exact) mass is 416 g/mol. The van der Waals surface area contributed by atoms with E-state index in [9.17, 15) is 4.39 Å². The number of ether oxygens (including phenoxy) is 2. The van der Waals surface area contributed by atoms with Crippen LogP contribution in [-0.2, 0) is 6.42 Å². The lowest BCUT2D eigenvalue weighted by atomic mass is 10.0. The Morgan fingerprint density at radius 3 is 2.19 bits per heavy atom. The van der Waals surface area contributed by atoms with Gasteiger partial charge in [0.2, 0.25) is 0 Å². The summed E-state index contributed by atoms with van der Waals surface area (Å²) in [6.45, 7) is 0. The van der Waals surface area contributed by atoms with Crippen molar-refractivity contribution in [2.24, 2.45) is 0 Å². The molecule has 2 aromatic rings. The summed E-state index contributed by atoms with van der Waals surface area (Å²) in [7, 11) is 3.03. The second-order valence-electron chi connectivity index (χ2n) is 4.53. The van der Waals surface area contributed by atoms with Gasteiger partial charge in [-0.05, 0) is 30.2 Å². The number of alkyl halides is 1. The summed E-state index contributed by atoms with van der Waals surface area (Å²) in [4.78, 5) is -0.140. The van der Waals surface area contributed by atoms with Crippen LogP contribution in [0.4, 0.5) is 4.39 Å². The third-order valence-corrected chi connectivity index (χ3v) is 4.51. The summed E-state index contributed by atoms with van der Waals surface area (Å²) in [5, 5.41) is 0. The van der Waals surface area contributed by atoms with Gasteiger partial charge in [-0.15, -0.1) is 0 Å². The van der Waals surface area contributed by atoms with Crippen LogP contribution in [0.3, 0.4) is 0 Å². The van der Waals surface area contributed by atoms with Crippen LogP contribution in [0.2, 0.25) is 0 Å². The Morgan fingerprint density at radius 1 is 1.05 bits per heavy atom. The van der Waals surface area contributed by atoms with Gasteiger partial charge in [0.15, 0.2) is 11.5 Å². The third kappa shape index (κ3) is 3.98. The van der Waals surface area contributed by atoms with Crippen LogP contribution in [-0.4, -0.2) is 14.2 Å². The van der Waals surface area contributed by atoms with Crippen LogP contribution >= 0.6 is 31.9 Å². The number of halogens is 3. The van der Waals surface area contributed by atoms with Gasteiger partial charge in [0, 0.05) is 20.9 Å². The number of methoxy groups -OCH3 is 2. The molecule has 0 radical (unpaired) electrons. The standard InChI is InChI=1S/C16H15Br2FO2/c1-20-15-8-12(14(19)9-16(15)21-2)13(18)7-10-3-5-11(17)6-4-10/h3-6,8-9,13H,7H2,1-2H3. The zero-order chi connectivity index (χ0) is 15.4. The molecule has 1 unspecified atom stereocenters. The van der Waals surface area contributed by atoms with Gasteiger partial charge in [-0.25, -0.2) is 4.39 Å². The molecule has 2 rings (SSSR count). The number of hydrogen-bond acceptors (Lipinski definition) is 2. The molecule has 21 heavy (non-hydrogen) atoms. The summed E-state index contributed by atoms with van der Waals surface area (Å²) in [6.07, 6.45) is 0.680. The normalized spacial score (nSPS) is 12.0. The lowest BCUT2D eigenvalue weighted by Crippen LogP contribution is -2.01. The Morgan fingerprint density at radius 2 is 1.62 bits per heavy atom. The highest BCUT2D eigenvalue weighted by atomic mass is 79.9. The smallest absolute Gasteiger partial charge is 0.163 e. The summed E-state index contributed by atoms with van der Waals surface area (Å²) in [5.74, 6) is 0.600. The van der Waals surface area contributed by atoms with Crippen molar-refractivity contribution in [3.63, 3.8) is 0 Å². The van der Waals surface area contributed by atoms with Gasteiger partial charge in [0.25, 0.3) is 0 Å². The molecule has 112 valence electrons. The molecule has 2 nitrogen and oxygen atoms in total. The Hall–Kier alpha value is -1.07. The van der Waals surface area contributed by atoms with Crippen LogP contribution in [0, 0.1) is 5.82 Å². The van der Waals surface area contributed by atoms with Crippen LogP contribution in [0.15, 0.2) is 40.9 Å². The molecule has 0 bridgehead atoms. The first kappa shape index (κ1) is 16.3. The molecule has 0 aromatic heterocycles. The van der Waals surface area contributed by atoms with Gasteiger partial charge in [-0.2, -0.15) is 0 Å². The van der Waals surface area contributed by atoms with Crippen LogP contribution in [0.5, 0.6) is 11.5 Å². The largest absolute Gasteiger partial charge is 0.493 e. The summed E-state index contributed by atoms with van der Waals surface area (Å²) in [5.41, 5.74) is 1.67. The van der Waals surface area contributed by atoms with E-state index in [0.717, 1.165) is 10.0 Å². The second kappa shape index (κ2) is 7.27.